The topological polar surface area (TPSA) is 30.5 Å². The Bertz CT molecular complexity index is 522. The quantitative estimate of drug-likeness (QED) is 0.914. The van der Waals surface area contributed by atoms with Crippen LogP contribution in [0.2, 0.25) is 0 Å². The maximum absolute atomic E-state index is 5.74. The second-order valence-electron chi connectivity index (χ2n) is 7.36. The van der Waals surface area contributed by atoms with Gasteiger partial charge in [-0.3, -0.25) is 0 Å². The lowest BCUT2D eigenvalue weighted by molar-refractivity contribution is 0.171. The van der Waals surface area contributed by atoms with Crippen LogP contribution in [0.3, 0.4) is 0 Å². The zero-order chi connectivity index (χ0) is 15.3. The van der Waals surface area contributed by atoms with Gasteiger partial charge < -0.3 is 14.8 Å². The van der Waals surface area contributed by atoms with Gasteiger partial charge in [-0.25, -0.2) is 0 Å². The van der Waals surface area contributed by atoms with Crippen molar-refractivity contribution in [3.05, 3.63) is 23.8 Å². The Hall–Kier alpha value is -1.22. The Labute approximate surface area is 128 Å². The summed E-state index contributed by atoms with van der Waals surface area (Å²) in [7, 11) is 0. The third-order valence-electron chi connectivity index (χ3n) is 5.82. The predicted octanol–water partition coefficient (Wildman–Crippen LogP) is 3.79. The van der Waals surface area contributed by atoms with Gasteiger partial charge in [0.25, 0.3) is 0 Å². The van der Waals surface area contributed by atoms with Crippen LogP contribution < -0.4 is 14.8 Å². The molecule has 1 atom stereocenters. The average molecular weight is 289 g/mol. The molecule has 1 aromatic carbocycles. The fourth-order valence-electron chi connectivity index (χ4n) is 3.98. The highest BCUT2D eigenvalue weighted by atomic mass is 16.6. The first-order chi connectivity index (χ1) is 9.89. The molecule has 1 aliphatic carbocycles. The molecule has 0 bridgehead atoms. The number of nitrogens with one attached hydrogen (secondary N) is 1. The van der Waals surface area contributed by atoms with E-state index in [1.54, 1.807) is 0 Å². The Kier molecular flexibility index (Phi) is 3.44. The molecule has 0 amide bonds. The summed E-state index contributed by atoms with van der Waals surface area (Å²) in [5.74, 6) is 2.39. The molecule has 1 fully saturated rings. The first kappa shape index (κ1) is 14.7. The van der Waals surface area contributed by atoms with Gasteiger partial charge in [0, 0.05) is 6.04 Å². The predicted molar refractivity (Wildman–Crippen MR) is 84.9 cm³/mol. The van der Waals surface area contributed by atoms with Crippen molar-refractivity contribution in [3.63, 3.8) is 0 Å². The van der Waals surface area contributed by atoms with E-state index in [9.17, 15) is 0 Å². The van der Waals surface area contributed by atoms with E-state index in [-0.39, 0.29) is 0 Å². The summed E-state index contributed by atoms with van der Waals surface area (Å²) in [6.45, 7) is 13.9. The van der Waals surface area contributed by atoms with E-state index < -0.39 is 0 Å². The highest BCUT2D eigenvalue weighted by Crippen LogP contribution is 2.72. The third kappa shape index (κ3) is 2.22. The van der Waals surface area contributed by atoms with Crippen molar-refractivity contribution in [1.29, 1.82) is 0 Å². The second kappa shape index (κ2) is 4.91. The molecule has 1 N–H and O–H groups in total. The minimum atomic E-state index is 0.354. The summed E-state index contributed by atoms with van der Waals surface area (Å²) in [5, 5.41) is 3.68. The summed E-state index contributed by atoms with van der Waals surface area (Å²) >= 11 is 0. The number of rotatable bonds is 4. The molecule has 3 rings (SSSR count). The zero-order valence-electron chi connectivity index (χ0n) is 13.8. The zero-order valence-corrected chi connectivity index (χ0v) is 13.8. The van der Waals surface area contributed by atoms with Gasteiger partial charge in [-0.1, -0.05) is 40.7 Å². The number of fused-ring (bicyclic) bond motifs is 1. The van der Waals surface area contributed by atoms with Gasteiger partial charge in [-0.15, -0.1) is 0 Å². The van der Waals surface area contributed by atoms with Gasteiger partial charge in [-0.2, -0.15) is 0 Å². The van der Waals surface area contributed by atoms with Gasteiger partial charge in [0.05, 0.1) is 0 Å². The second-order valence-corrected chi connectivity index (χ2v) is 7.36. The molecule has 0 saturated heterocycles. The van der Waals surface area contributed by atoms with Crippen LogP contribution in [0.1, 0.15) is 46.2 Å². The molecule has 1 aromatic rings. The number of ether oxygens (including phenoxy) is 2. The van der Waals surface area contributed by atoms with Gasteiger partial charge in [0.15, 0.2) is 11.5 Å². The molecule has 2 aliphatic rings. The monoisotopic (exact) mass is 289 g/mol. The van der Waals surface area contributed by atoms with Crippen molar-refractivity contribution in [2.24, 2.45) is 16.7 Å². The van der Waals surface area contributed by atoms with E-state index in [1.807, 2.05) is 0 Å². The third-order valence-corrected chi connectivity index (χ3v) is 5.82. The van der Waals surface area contributed by atoms with Gasteiger partial charge >= 0.3 is 0 Å². The van der Waals surface area contributed by atoms with Crippen LogP contribution in [0, 0.1) is 16.7 Å². The van der Waals surface area contributed by atoms with E-state index in [4.69, 9.17) is 9.47 Å². The lowest BCUT2D eigenvalue weighted by Gasteiger charge is -2.24. The Morgan fingerprint density at radius 1 is 1.10 bits per heavy atom. The Morgan fingerprint density at radius 2 is 1.71 bits per heavy atom. The van der Waals surface area contributed by atoms with Crippen LogP contribution in [-0.4, -0.2) is 19.8 Å². The van der Waals surface area contributed by atoms with E-state index in [0.717, 1.165) is 18.0 Å². The number of benzene rings is 1. The standard InChI is InChI=1S/C18H27NO2/c1-6-19-15(16-17(2,3)18(16,4)5)12-7-8-13-14(11-12)21-10-9-20-13/h7-8,11,15-16,19H,6,9-10H2,1-5H3. The average Bonchev–Trinajstić information content (AvgIpc) is 2.86. The SMILES string of the molecule is CCNC(c1ccc2c(c1)OCCO2)C1C(C)(C)C1(C)C. The first-order valence-corrected chi connectivity index (χ1v) is 8.02. The molecule has 1 saturated carbocycles. The summed E-state index contributed by atoms with van der Waals surface area (Å²) in [6, 6.07) is 6.77. The minimum Gasteiger partial charge on any atom is -0.486 e. The van der Waals surface area contributed by atoms with E-state index in [1.165, 1.54) is 5.56 Å². The summed E-state index contributed by atoms with van der Waals surface area (Å²) in [6.07, 6.45) is 0. The maximum atomic E-state index is 5.74. The lowest BCUT2D eigenvalue weighted by Crippen LogP contribution is -2.25. The van der Waals surface area contributed by atoms with Gasteiger partial charge in [-0.05, 0) is 41.0 Å². The van der Waals surface area contributed by atoms with E-state index in [2.05, 4.69) is 58.1 Å². The fraction of sp³-hybridized carbons (Fsp3) is 0.667. The molecule has 1 aliphatic heterocycles. The molecule has 21 heavy (non-hydrogen) atoms. The highest BCUT2D eigenvalue weighted by molar-refractivity contribution is 5.45. The van der Waals surface area contributed by atoms with Crippen molar-refractivity contribution in [1.82, 2.24) is 5.32 Å². The summed E-state index contributed by atoms with van der Waals surface area (Å²) in [4.78, 5) is 0. The van der Waals surface area contributed by atoms with Crippen molar-refractivity contribution < 1.29 is 9.47 Å². The highest BCUT2D eigenvalue weighted by Gasteiger charge is 2.67. The van der Waals surface area contributed by atoms with Gasteiger partial charge in [0.2, 0.25) is 0 Å². The normalized spacial score (nSPS) is 23.7. The largest absolute Gasteiger partial charge is 0.486 e. The fourth-order valence-corrected chi connectivity index (χ4v) is 3.98. The summed E-state index contributed by atoms with van der Waals surface area (Å²) in [5.41, 5.74) is 2.02. The van der Waals surface area contributed by atoms with Crippen LogP contribution in [0.15, 0.2) is 18.2 Å². The van der Waals surface area contributed by atoms with Gasteiger partial charge in [0.1, 0.15) is 13.2 Å². The van der Waals surface area contributed by atoms with Crippen molar-refractivity contribution >= 4 is 0 Å². The first-order valence-electron chi connectivity index (χ1n) is 8.02. The number of hydrogen-bond donors (Lipinski definition) is 1. The van der Waals surface area contributed by atoms with Crippen LogP contribution in [-0.2, 0) is 0 Å². The molecular weight excluding hydrogens is 262 g/mol. The van der Waals surface area contributed by atoms with Crippen LogP contribution in [0.4, 0.5) is 0 Å². The summed E-state index contributed by atoms with van der Waals surface area (Å²) < 4.78 is 11.4. The Morgan fingerprint density at radius 3 is 2.29 bits per heavy atom. The Balaban J connectivity index is 1.92. The molecule has 116 valence electrons. The molecule has 0 aromatic heterocycles. The smallest absolute Gasteiger partial charge is 0.161 e. The van der Waals surface area contributed by atoms with Crippen molar-refractivity contribution in [3.8, 4) is 11.5 Å². The molecule has 0 spiro atoms. The maximum Gasteiger partial charge on any atom is 0.161 e. The van der Waals surface area contributed by atoms with Crippen molar-refractivity contribution in [2.75, 3.05) is 19.8 Å². The van der Waals surface area contributed by atoms with Crippen LogP contribution in [0.5, 0.6) is 11.5 Å². The molecular formula is C18H27NO2. The molecule has 3 heteroatoms. The minimum absolute atomic E-state index is 0.354. The van der Waals surface area contributed by atoms with Crippen LogP contribution >= 0.6 is 0 Å². The van der Waals surface area contributed by atoms with E-state index >= 15 is 0 Å². The lowest BCUT2D eigenvalue weighted by atomic mass is 9.96. The van der Waals surface area contributed by atoms with Crippen molar-refractivity contribution in [2.45, 2.75) is 40.7 Å². The van der Waals surface area contributed by atoms with E-state index in [0.29, 0.717) is 36.0 Å². The number of hydrogen-bond acceptors (Lipinski definition) is 3. The molecule has 0 radical (unpaired) electrons. The molecule has 1 heterocycles. The van der Waals surface area contributed by atoms with Crippen LogP contribution in [0.25, 0.3) is 0 Å². The molecule has 3 nitrogen and oxygen atoms in total. The molecule has 1 unspecified atom stereocenters.